The number of hydrazine groups is 2. The lowest BCUT2D eigenvalue weighted by Crippen LogP contribution is -2.46. The number of nitrogens with one attached hydrogen (secondary N) is 4. The number of nitriles is 1. The summed E-state index contributed by atoms with van der Waals surface area (Å²) in [5.41, 5.74) is 7.84. The monoisotopic (exact) mass is 652 g/mol. The number of benzene rings is 2. The Morgan fingerprint density at radius 2 is 1.92 bits per heavy atom. The van der Waals surface area contributed by atoms with Gasteiger partial charge in [0.1, 0.15) is 6.07 Å². The van der Waals surface area contributed by atoms with E-state index < -0.39 is 24.2 Å². The molecule has 48 heavy (non-hydrogen) atoms. The minimum Gasteiger partial charge on any atom is -0.383 e. The first kappa shape index (κ1) is 31.4. The van der Waals surface area contributed by atoms with E-state index in [1.807, 2.05) is 18.2 Å². The molecule has 0 bridgehead atoms. The third kappa shape index (κ3) is 5.26. The second kappa shape index (κ2) is 11.2. The molecule has 2 aromatic heterocycles. The van der Waals surface area contributed by atoms with Crippen molar-refractivity contribution in [2.75, 3.05) is 17.2 Å². The average molecular weight is 653 g/mol. The standard InChI is InChI=1S/C36H35F3N8O/c1-5-21-18-41-31-22(17-40)15-24(16-28(31)30(21)42-20-34(2,3)36(37,38)39)43-32(26-7-6-8-27-25(26)11-14-46(4)33(27)48)29-19-47(45-44-29)35(12-13-35)23-9-10-23/h1,6-8,11,14-16,18-19,23,32,43-45H,9-10,12-13,20H2,2-4H3,(H,41,42)/t32-/m0/s1. The number of nitrogens with zero attached hydrogens (tertiary/aromatic N) is 4. The molecule has 2 fully saturated rings. The van der Waals surface area contributed by atoms with Crippen LogP contribution in [-0.2, 0) is 7.05 Å². The minimum absolute atomic E-state index is 0.0764. The van der Waals surface area contributed by atoms with Crippen LogP contribution in [0.3, 0.4) is 0 Å². The van der Waals surface area contributed by atoms with E-state index in [1.165, 1.54) is 23.6 Å². The number of hydrogen-bond acceptors (Lipinski definition) is 8. The third-order valence-electron chi connectivity index (χ3n) is 9.98. The van der Waals surface area contributed by atoms with Crippen molar-refractivity contribution < 1.29 is 13.2 Å². The van der Waals surface area contributed by atoms with Gasteiger partial charge in [0.2, 0.25) is 0 Å². The smallest absolute Gasteiger partial charge is 0.383 e. The summed E-state index contributed by atoms with van der Waals surface area (Å²) in [5, 5.41) is 20.6. The Kier molecular flexibility index (Phi) is 7.33. The van der Waals surface area contributed by atoms with Crippen LogP contribution >= 0.6 is 0 Å². The van der Waals surface area contributed by atoms with E-state index in [4.69, 9.17) is 6.42 Å². The van der Waals surface area contributed by atoms with Gasteiger partial charge in [-0.15, -0.1) is 12.0 Å². The quantitative estimate of drug-likeness (QED) is 0.158. The van der Waals surface area contributed by atoms with Crippen LogP contribution in [0.4, 0.5) is 24.5 Å². The normalized spacial score (nSPS) is 17.8. The van der Waals surface area contributed by atoms with Crippen LogP contribution in [-0.4, -0.2) is 32.8 Å². The summed E-state index contributed by atoms with van der Waals surface area (Å²) in [5.74, 6) is 3.16. The van der Waals surface area contributed by atoms with Crippen molar-refractivity contribution in [2.45, 2.75) is 57.3 Å². The molecule has 4 N–H and O–H groups in total. The maximum atomic E-state index is 13.8. The van der Waals surface area contributed by atoms with Crippen molar-refractivity contribution in [2.24, 2.45) is 18.4 Å². The Bertz CT molecular complexity index is 2130. The topological polar surface area (TPSA) is 110 Å². The second-order valence-corrected chi connectivity index (χ2v) is 13.6. The van der Waals surface area contributed by atoms with E-state index in [-0.39, 0.29) is 27.9 Å². The summed E-state index contributed by atoms with van der Waals surface area (Å²) >= 11 is 0. The van der Waals surface area contributed by atoms with E-state index >= 15 is 0 Å². The van der Waals surface area contributed by atoms with Gasteiger partial charge in [0.05, 0.1) is 45.0 Å². The van der Waals surface area contributed by atoms with Gasteiger partial charge in [-0.05, 0) is 80.7 Å². The van der Waals surface area contributed by atoms with Crippen LogP contribution in [0.25, 0.3) is 21.7 Å². The molecule has 0 saturated heterocycles. The molecule has 2 aromatic carbocycles. The number of fused-ring (bicyclic) bond motifs is 2. The summed E-state index contributed by atoms with van der Waals surface area (Å²) in [4.78, 5) is 17.6. The van der Waals surface area contributed by atoms with Gasteiger partial charge in [0, 0.05) is 48.6 Å². The molecule has 3 aliphatic rings. The maximum Gasteiger partial charge on any atom is 0.395 e. The Hall–Kier alpha value is -5.20. The Morgan fingerprint density at radius 3 is 2.58 bits per heavy atom. The highest BCUT2D eigenvalue weighted by molar-refractivity contribution is 5.99. The highest BCUT2D eigenvalue weighted by Gasteiger charge is 2.58. The molecule has 4 aromatic rings. The fourth-order valence-corrected chi connectivity index (χ4v) is 6.63. The van der Waals surface area contributed by atoms with Crippen molar-refractivity contribution in [1.82, 2.24) is 25.5 Å². The van der Waals surface area contributed by atoms with Gasteiger partial charge in [-0.25, -0.2) is 0 Å². The summed E-state index contributed by atoms with van der Waals surface area (Å²) < 4.78 is 42.9. The zero-order valence-corrected chi connectivity index (χ0v) is 26.8. The van der Waals surface area contributed by atoms with Gasteiger partial charge in [-0.2, -0.15) is 18.4 Å². The molecule has 246 valence electrons. The molecule has 9 nitrogen and oxygen atoms in total. The summed E-state index contributed by atoms with van der Waals surface area (Å²) in [7, 11) is 1.71. The Balaban J connectivity index is 1.35. The number of anilines is 2. The van der Waals surface area contributed by atoms with Crippen molar-refractivity contribution >= 4 is 33.1 Å². The molecule has 1 atom stereocenters. The van der Waals surface area contributed by atoms with Crippen LogP contribution in [0.5, 0.6) is 0 Å². The van der Waals surface area contributed by atoms with E-state index in [0.717, 1.165) is 43.3 Å². The molecule has 2 aliphatic carbocycles. The highest BCUT2D eigenvalue weighted by atomic mass is 19.4. The summed E-state index contributed by atoms with van der Waals surface area (Å²) in [6.45, 7) is 1.78. The van der Waals surface area contributed by atoms with E-state index in [1.54, 1.807) is 31.4 Å². The van der Waals surface area contributed by atoms with Crippen LogP contribution in [0.2, 0.25) is 0 Å². The summed E-state index contributed by atoms with van der Waals surface area (Å²) in [6, 6.07) is 12.6. The number of aromatic nitrogens is 2. The largest absolute Gasteiger partial charge is 0.395 e. The van der Waals surface area contributed by atoms with Gasteiger partial charge in [-0.1, -0.05) is 18.1 Å². The zero-order valence-electron chi connectivity index (χ0n) is 26.8. The maximum absolute atomic E-state index is 13.8. The molecule has 0 unspecified atom stereocenters. The SMILES string of the molecule is C#Cc1cnc2c(C#N)cc(N[C@H](C3=CN(C4(C5CC5)CC4)NN3)c3cccc4c(=O)n(C)ccc34)cc2c1NCC(C)(C)C(F)(F)F. The van der Waals surface area contributed by atoms with Crippen LogP contribution in [0.1, 0.15) is 62.3 Å². The predicted molar refractivity (Wildman–Crippen MR) is 179 cm³/mol. The Labute approximate surface area is 275 Å². The molecule has 0 spiro atoms. The van der Waals surface area contributed by atoms with Gasteiger partial charge < -0.3 is 20.6 Å². The molecule has 0 radical (unpaired) electrons. The molecule has 0 amide bonds. The van der Waals surface area contributed by atoms with Gasteiger partial charge >= 0.3 is 6.18 Å². The lowest BCUT2D eigenvalue weighted by molar-refractivity contribution is -0.206. The van der Waals surface area contributed by atoms with E-state index in [2.05, 4.69) is 49.8 Å². The van der Waals surface area contributed by atoms with Crippen molar-refractivity contribution in [3.63, 3.8) is 0 Å². The molecule has 7 rings (SSSR count). The van der Waals surface area contributed by atoms with Crippen molar-refractivity contribution in [3.05, 3.63) is 87.7 Å². The number of halogens is 3. The number of pyridine rings is 2. The van der Waals surface area contributed by atoms with Crippen LogP contribution in [0.15, 0.2) is 65.5 Å². The first-order valence-corrected chi connectivity index (χ1v) is 15.9. The summed E-state index contributed by atoms with van der Waals surface area (Å²) in [6.07, 6.45) is 11.1. The average Bonchev–Trinajstić information content (AvgIpc) is 4.00. The van der Waals surface area contributed by atoms with Gasteiger partial charge in [0.15, 0.2) is 0 Å². The van der Waals surface area contributed by atoms with Gasteiger partial charge in [-0.3, -0.25) is 14.8 Å². The first-order valence-electron chi connectivity index (χ1n) is 15.9. The fraction of sp³-hybridized carbons (Fsp3) is 0.361. The predicted octanol–water partition coefficient (Wildman–Crippen LogP) is 6.20. The first-order chi connectivity index (χ1) is 22.9. The Morgan fingerprint density at radius 1 is 1.15 bits per heavy atom. The molecule has 12 heteroatoms. The van der Waals surface area contributed by atoms with Crippen molar-refractivity contribution in [1.29, 1.82) is 5.26 Å². The van der Waals surface area contributed by atoms with E-state index in [9.17, 15) is 23.2 Å². The number of terminal acetylenes is 1. The number of rotatable bonds is 9. The fourth-order valence-electron chi connectivity index (χ4n) is 6.63. The lowest BCUT2D eigenvalue weighted by Gasteiger charge is -2.29. The number of hydrogen-bond donors (Lipinski definition) is 4. The highest BCUT2D eigenvalue weighted by Crippen LogP contribution is 2.57. The van der Waals surface area contributed by atoms with Gasteiger partial charge in [0.25, 0.3) is 5.56 Å². The molecular weight excluding hydrogens is 617 g/mol. The van der Waals surface area contributed by atoms with Crippen LogP contribution in [0, 0.1) is 35.0 Å². The molecule has 2 saturated carbocycles. The molecular formula is C36H35F3N8O. The molecule has 1 aliphatic heterocycles. The zero-order chi connectivity index (χ0) is 34.0. The van der Waals surface area contributed by atoms with E-state index in [0.29, 0.717) is 27.9 Å². The van der Waals surface area contributed by atoms with Crippen molar-refractivity contribution in [3.8, 4) is 18.4 Å². The number of aryl methyl sites for hydroxylation is 1. The van der Waals surface area contributed by atoms with Crippen LogP contribution < -0.4 is 27.2 Å². The number of alkyl halides is 3. The third-order valence-corrected chi connectivity index (χ3v) is 9.98. The molecule has 3 heterocycles. The lowest BCUT2D eigenvalue weighted by atomic mass is 9.92. The minimum atomic E-state index is -4.46. The second-order valence-electron chi connectivity index (χ2n) is 13.6.